The first-order valence-corrected chi connectivity index (χ1v) is 3.76. The van der Waals surface area contributed by atoms with E-state index in [0.717, 1.165) is 6.42 Å². The average Bonchev–Trinajstić information content (AvgIpc) is 2.06. The minimum absolute atomic E-state index is 0.487. The van der Waals surface area contributed by atoms with Crippen LogP contribution >= 0.6 is 0 Å². The Morgan fingerprint density at radius 2 is 2.17 bits per heavy atom. The number of rotatable bonds is 2. The third-order valence-corrected chi connectivity index (χ3v) is 1.46. The maximum absolute atomic E-state index is 5.18. The molecule has 62 valence electrons. The van der Waals surface area contributed by atoms with Crippen molar-refractivity contribution in [3.63, 3.8) is 0 Å². The molecule has 0 rings (SSSR count). The second-order valence-electron chi connectivity index (χ2n) is 2.43. The molecule has 1 heteroatoms. The molecule has 0 aliphatic carbocycles. The van der Waals surface area contributed by atoms with Crippen molar-refractivity contribution in [2.24, 2.45) is 0 Å². The molecule has 0 N–H and O–H groups in total. The van der Waals surface area contributed by atoms with E-state index in [2.05, 4.69) is 29.8 Å². The Bertz CT molecular complexity index is 287. The van der Waals surface area contributed by atoms with E-state index in [0.29, 0.717) is 0 Å². The van der Waals surface area contributed by atoms with Gasteiger partial charge in [-0.1, -0.05) is 12.8 Å². The van der Waals surface area contributed by atoms with Gasteiger partial charge in [0.05, 0.1) is 0 Å². The van der Waals surface area contributed by atoms with E-state index in [4.69, 9.17) is 11.2 Å². The molecule has 0 aromatic carbocycles. The highest BCUT2D eigenvalue weighted by Crippen LogP contribution is 2.12. The molecule has 1 nitrogen and oxygen atoms in total. The summed E-state index contributed by atoms with van der Waals surface area (Å²) < 4.78 is 5.18. The summed E-state index contributed by atoms with van der Waals surface area (Å²) in [5.74, 6) is 10.3. The van der Waals surface area contributed by atoms with E-state index in [1.165, 1.54) is 0 Å². The normalized spacial score (nSPS) is 12.2. The van der Waals surface area contributed by atoms with Gasteiger partial charge in [0.25, 0.3) is 0 Å². The molecular weight excluding hydrogens is 148 g/mol. The van der Waals surface area contributed by atoms with E-state index in [-0.39, 0.29) is 0 Å². The summed E-state index contributed by atoms with van der Waals surface area (Å²) in [5, 5.41) is 0. The molecule has 0 radical (unpaired) electrons. The number of hydrogen-bond donors (Lipinski definition) is 0. The van der Waals surface area contributed by atoms with Crippen LogP contribution in [-0.4, -0.2) is 5.60 Å². The molecule has 0 aromatic rings. The zero-order chi connectivity index (χ0) is 9.45. The standard InChI is InChI=1S/C11H12O/c1-5-8-10-12-11(4,7-3)9-6-2/h1H,7H2,2-4H3. The van der Waals surface area contributed by atoms with Crippen molar-refractivity contribution in [2.45, 2.75) is 32.8 Å². The highest BCUT2D eigenvalue weighted by molar-refractivity contribution is 5.20. The molecule has 12 heavy (non-hydrogen) atoms. The van der Waals surface area contributed by atoms with Gasteiger partial charge in [-0.2, -0.15) is 0 Å². The van der Waals surface area contributed by atoms with Gasteiger partial charge in [0.1, 0.15) is 6.11 Å². The second-order valence-corrected chi connectivity index (χ2v) is 2.43. The van der Waals surface area contributed by atoms with Gasteiger partial charge in [-0.3, -0.25) is 0 Å². The van der Waals surface area contributed by atoms with Gasteiger partial charge in [-0.25, -0.2) is 0 Å². The topological polar surface area (TPSA) is 9.23 Å². The second kappa shape index (κ2) is 5.17. The molecule has 0 saturated heterocycles. The van der Waals surface area contributed by atoms with Crippen LogP contribution in [0.3, 0.4) is 0 Å². The Morgan fingerprint density at radius 1 is 1.50 bits per heavy atom. The third kappa shape index (κ3) is 3.60. The smallest absolute Gasteiger partial charge is 0.177 e. The Labute approximate surface area is 74.5 Å². The summed E-state index contributed by atoms with van der Waals surface area (Å²) in [6, 6.07) is 0. The lowest BCUT2D eigenvalue weighted by atomic mass is 10.1. The molecule has 1 atom stereocenters. The summed E-state index contributed by atoms with van der Waals surface area (Å²) in [6.45, 7) is 5.64. The van der Waals surface area contributed by atoms with Gasteiger partial charge in [0.2, 0.25) is 0 Å². The van der Waals surface area contributed by atoms with Crippen LogP contribution in [0.25, 0.3) is 0 Å². The van der Waals surface area contributed by atoms with E-state index in [1.54, 1.807) is 6.92 Å². The lowest BCUT2D eigenvalue weighted by molar-refractivity contribution is 0.112. The van der Waals surface area contributed by atoms with Crippen molar-refractivity contribution in [3.8, 4) is 36.2 Å². The molecule has 0 amide bonds. The zero-order valence-electron chi connectivity index (χ0n) is 7.69. The summed E-state index contributed by atoms with van der Waals surface area (Å²) in [5.41, 5.74) is -0.487. The minimum atomic E-state index is -0.487. The van der Waals surface area contributed by atoms with Crippen LogP contribution in [0.15, 0.2) is 0 Å². The average molecular weight is 160 g/mol. The van der Waals surface area contributed by atoms with Crippen molar-refractivity contribution < 1.29 is 4.74 Å². The fourth-order valence-corrected chi connectivity index (χ4v) is 0.618. The Kier molecular flexibility index (Phi) is 4.52. The zero-order valence-corrected chi connectivity index (χ0v) is 7.69. The fourth-order valence-electron chi connectivity index (χ4n) is 0.618. The Morgan fingerprint density at radius 3 is 2.58 bits per heavy atom. The van der Waals surface area contributed by atoms with Crippen molar-refractivity contribution >= 4 is 0 Å². The van der Waals surface area contributed by atoms with E-state index in [9.17, 15) is 0 Å². The predicted molar refractivity (Wildman–Crippen MR) is 49.8 cm³/mol. The van der Waals surface area contributed by atoms with Crippen LogP contribution in [0.5, 0.6) is 0 Å². The summed E-state index contributed by atoms with van der Waals surface area (Å²) in [7, 11) is 0. The van der Waals surface area contributed by atoms with Crippen LogP contribution in [-0.2, 0) is 4.74 Å². The summed E-state index contributed by atoms with van der Waals surface area (Å²) in [4.78, 5) is 0. The highest BCUT2D eigenvalue weighted by Gasteiger charge is 2.18. The maximum Gasteiger partial charge on any atom is 0.177 e. The fraction of sp³-hybridized carbons (Fsp3) is 0.455. The third-order valence-electron chi connectivity index (χ3n) is 1.46. The van der Waals surface area contributed by atoms with Crippen molar-refractivity contribution in [1.29, 1.82) is 0 Å². The van der Waals surface area contributed by atoms with E-state index >= 15 is 0 Å². The molecular formula is C11H12O. The Balaban J connectivity index is 4.33. The van der Waals surface area contributed by atoms with Crippen LogP contribution < -0.4 is 0 Å². The number of terminal acetylenes is 1. The first-order valence-electron chi connectivity index (χ1n) is 3.76. The van der Waals surface area contributed by atoms with E-state index < -0.39 is 5.60 Å². The van der Waals surface area contributed by atoms with Crippen molar-refractivity contribution in [2.75, 3.05) is 0 Å². The number of hydrogen-bond acceptors (Lipinski definition) is 1. The van der Waals surface area contributed by atoms with Gasteiger partial charge in [0.15, 0.2) is 5.60 Å². The van der Waals surface area contributed by atoms with Gasteiger partial charge in [-0.05, 0) is 26.2 Å². The lowest BCUT2D eigenvalue weighted by Gasteiger charge is -2.18. The first kappa shape index (κ1) is 10.5. The van der Waals surface area contributed by atoms with Gasteiger partial charge in [-0.15, -0.1) is 12.3 Å². The van der Waals surface area contributed by atoms with Crippen molar-refractivity contribution in [3.05, 3.63) is 0 Å². The highest BCUT2D eigenvalue weighted by atomic mass is 16.5. The quantitative estimate of drug-likeness (QED) is 0.559. The molecule has 0 aromatic heterocycles. The summed E-state index contributed by atoms with van der Waals surface area (Å²) in [6.07, 6.45) is 8.14. The largest absolute Gasteiger partial charge is 0.426 e. The van der Waals surface area contributed by atoms with Gasteiger partial charge >= 0.3 is 0 Å². The molecule has 0 aliphatic heterocycles. The minimum Gasteiger partial charge on any atom is -0.426 e. The van der Waals surface area contributed by atoms with Crippen molar-refractivity contribution in [1.82, 2.24) is 0 Å². The van der Waals surface area contributed by atoms with Crippen LogP contribution in [0.1, 0.15) is 27.2 Å². The van der Waals surface area contributed by atoms with E-state index in [1.807, 2.05) is 13.8 Å². The Hall–Kier alpha value is -1.52. The molecule has 0 spiro atoms. The molecule has 0 heterocycles. The summed E-state index contributed by atoms with van der Waals surface area (Å²) >= 11 is 0. The molecule has 0 saturated carbocycles. The molecule has 0 bridgehead atoms. The maximum atomic E-state index is 5.18. The molecule has 0 fully saturated rings. The van der Waals surface area contributed by atoms with Crippen LogP contribution in [0.2, 0.25) is 0 Å². The molecule has 0 aliphatic rings. The molecule has 1 unspecified atom stereocenters. The number of ether oxygens (including phenoxy) is 1. The first-order chi connectivity index (χ1) is 5.68. The van der Waals surface area contributed by atoms with Crippen LogP contribution in [0.4, 0.5) is 0 Å². The lowest BCUT2D eigenvalue weighted by Crippen LogP contribution is -2.23. The predicted octanol–water partition coefficient (Wildman–Crippen LogP) is 1.79. The van der Waals surface area contributed by atoms with Crippen LogP contribution in [0, 0.1) is 36.2 Å². The van der Waals surface area contributed by atoms with Gasteiger partial charge < -0.3 is 4.74 Å². The SMILES string of the molecule is C#CC#COC(C)(C#CC)CC. The van der Waals surface area contributed by atoms with Gasteiger partial charge in [0, 0.05) is 5.92 Å². The monoisotopic (exact) mass is 160 g/mol.